The minimum atomic E-state index is -1.06. The van der Waals surface area contributed by atoms with Crippen LogP contribution in [-0.4, -0.2) is 18.9 Å². The average molecular weight is 399 g/mol. The molecular weight excluding hydrogens is 386 g/mol. The van der Waals surface area contributed by atoms with E-state index in [0.717, 1.165) is 11.6 Å². The van der Waals surface area contributed by atoms with Gasteiger partial charge in [-0.15, -0.1) is 0 Å². The van der Waals surface area contributed by atoms with E-state index in [2.05, 4.69) is 26.6 Å². The highest BCUT2D eigenvalue weighted by Gasteiger charge is 2.18. The van der Waals surface area contributed by atoms with Gasteiger partial charge in [0.2, 0.25) is 0 Å². The van der Waals surface area contributed by atoms with Crippen LogP contribution >= 0.6 is 15.9 Å². The van der Waals surface area contributed by atoms with Crippen LogP contribution in [0, 0.1) is 11.6 Å². The number of carbonyl (C=O) groups excluding carboxylic acids is 2. The van der Waals surface area contributed by atoms with E-state index in [9.17, 15) is 18.4 Å². The molecule has 2 N–H and O–H groups in total. The summed E-state index contributed by atoms with van der Waals surface area (Å²) in [7, 11) is 1.54. The number of hydrogen-bond acceptors (Lipinski definition) is 3. The molecule has 8 heteroatoms. The van der Waals surface area contributed by atoms with Gasteiger partial charge in [0.1, 0.15) is 11.6 Å². The van der Waals surface area contributed by atoms with Gasteiger partial charge in [-0.2, -0.15) is 0 Å². The molecule has 0 radical (unpaired) electrons. The maximum atomic E-state index is 13.6. The fourth-order valence-electron chi connectivity index (χ4n) is 1.84. The number of rotatable bonds is 4. The van der Waals surface area contributed by atoms with Crippen LogP contribution in [0.2, 0.25) is 0 Å². The van der Waals surface area contributed by atoms with Gasteiger partial charge in [-0.05, 0) is 39.7 Å². The predicted molar refractivity (Wildman–Crippen MR) is 87.5 cm³/mol. The van der Waals surface area contributed by atoms with Gasteiger partial charge in [0.15, 0.2) is 5.82 Å². The third-order valence-corrected chi connectivity index (χ3v) is 3.69. The van der Waals surface area contributed by atoms with Crippen LogP contribution in [0.5, 0.6) is 5.75 Å². The molecule has 0 saturated carbocycles. The second kappa shape index (κ2) is 7.87. The largest absolute Gasteiger partial charge is 0.497 e. The Morgan fingerprint density at radius 1 is 1.12 bits per heavy atom. The zero-order chi connectivity index (χ0) is 17.7. The van der Waals surface area contributed by atoms with Crippen molar-refractivity contribution in [1.82, 2.24) is 5.32 Å². The van der Waals surface area contributed by atoms with Crippen LogP contribution in [-0.2, 0) is 16.1 Å². The number of ether oxygens (including phenoxy) is 1. The molecule has 2 amide bonds. The van der Waals surface area contributed by atoms with Crippen molar-refractivity contribution in [3.05, 3.63) is 58.1 Å². The summed E-state index contributed by atoms with van der Waals surface area (Å²) in [5.41, 5.74) is 0.451. The number of nitrogens with one attached hydrogen (secondary N) is 2. The number of amides is 2. The second-order valence-corrected chi connectivity index (χ2v) is 5.58. The summed E-state index contributed by atoms with van der Waals surface area (Å²) >= 11 is 2.93. The predicted octanol–water partition coefficient (Wildman–Crippen LogP) is 2.99. The topological polar surface area (TPSA) is 67.4 Å². The normalized spacial score (nSPS) is 10.2. The smallest absolute Gasteiger partial charge is 0.313 e. The van der Waals surface area contributed by atoms with Crippen LogP contribution in [0.15, 0.2) is 40.9 Å². The Balaban J connectivity index is 1.96. The van der Waals surface area contributed by atoms with Crippen molar-refractivity contribution in [2.24, 2.45) is 0 Å². The Kier molecular flexibility index (Phi) is 5.86. The lowest BCUT2D eigenvalue weighted by Gasteiger charge is -2.09. The summed E-state index contributed by atoms with van der Waals surface area (Å²) in [6.45, 7) is 0.114. The molecule has 0 unspecified atom stereocenters. The minimum Gasteiger partial charge on any atom is -0.497 e. The highest BCUT2D eigenvalue weighted by molar-refractivity contribution is 9.10. The summed E-state index contributed by atoms with van der Waals surface area (Å²) in [5.74, 6) is -3.13. The molecule has 2 rings (SSSR count). The molecule has 0 heterocycles. The Morgan fingerprint density at radius 3 is 2.38 bits per heavy atom. The fraction of sp³-hybridized carbons (Fsp3) is 0.125. The van der Waals surface area contributed by atoms with Crippen molar-refractivity contribution in [1.29, 1.82) is 0 Å². The first-order chi connectivity index (χ1) is 11.4. The Bertz CT molecular complexity index is 743. The molecule has 5 nitrogen and oxygen atoms in total. The van der Waals surface area contributed by atoms with Crippen LogP contribution in [0.25, 0.3) is 0 Å². The van der Waals surface area contributed by atoms with Crippen molar-refractivity contribution in [2.45, 2.75) is 6.54 Å². The number of hydrogen-bond donors (Lipinski definition) is 2. The maximum absolute atomic E-state index is 13.6. The van der Waals surface area contributed by atoms with Crippen molar-refractivity contribution in [3.63, 3.8) is 0 Å². The van der Waals surface area contributed by atoms with Gasteiger partial charge in [-0.25, -0.2) is 8.78 Å². The first kappa shape index (κ1) is 17.9. The molecular formula is C16H13BrF2N2O3. The van der Waals surface area contributed by atoms with Crippen LogP contribution in [0.3, 0.4) is 0 Å². The summed E-state index contributed by atoms with van der Waals surface area (Å²) < 4.78 is 31.6. The van der Waals surface area contributed by atoms with Crippen molar-refractivity contribution in [2.75, 3.05) is 12.4 Å². The molecule has 0 aliphatic heterocycles. The number of methoxy groups -OCH3 is 1. The lowest BCUT2D eigenvalue weighted by molar-refractivity contribution is -0.136. The first-order valence-corrected chi connectivity index (χ1v) is 7.56. The molecule has 0 aliphatic rings. The highest BCUT2D eigenvalue weighted by Crippen LogP contribution is 2.26. The molecule has 0 aromatic heterocycles. The van der Waals surface area contributed by atoms with Gasteiger partial charge in [0.05, 0.1) is 12.8 Å². The lowest BCUT2D eigenvalue weighted by Crippen LogP contribution is -2.35. The van der Waals surface area contributed by atoms with E-state index in [1.54, 1.807) is 24.3 Å². The van der Waals surface area contributed by atoms with Crippen molar-refractivity contribution in [3.8, 4) is 5.75 Å². The number of halogens is 3. The van der Waals surface area contributed by atoms with E-state index < -0.39 is 23.4 Å². The van der Waals surface area contributed by atoms with Gasteiger partial charge in [0, 0.05) is 17.1 Å². The van der Waals surface area contributed by atoms with Crippen molar-refractivity contribution >= 4 is 33.4 Å². The molecule has 0 fully saturated rings. The third-order valence-electron chi connectivity index (χ3n) is 3.06. The monoisotopic (exact) mass is 398 g/mol. The van der Waals surface area contributed by atoms with Crippen LogP contribution in [0.4, 0.5) is 14.5 Å². The summed E-state index contributed by atoms with van der Waals surface area (Å²) in [5, 5.41) is 4.50. The zero-order valence-corrected chi connectivity index (χ0v) is 14.1. The average Bonchev–Trinajstić information content (AvgIpc) is 2.56. The van der Waals surface area contributed by atoms with E-state index >= 15 is 0 Å². The van der Waals surface area contributed by atoms with Crippen molar-refractivity contribution < 1.29 is 23.1 Å². The fourth-order valence-corrected chi connectivity index (χ4v) is 2.35. The Hall–Kier alpha value is -2.48. The highest BCUT2D eigenvalue weighted by atomic mass is 79.9. The summed E-state index contributed by atoms with van der Waals surface area (Å²) in [6, 6.07) is 8.48. The molecule has 0 aliphatic carbocycles. The quantitative estimate of drug-likeness (QED) is 0.777. The molecule has 2 aromatic carbocycles. The standard InChI is InChI=1S/C16H13BrF2N2O3/c1-24-11-4-2-9(3-5-11)8-20-15(22)16(23)21-14-12(17)6-10(18)7-13(14)19/h2-7H,8H2,1H3,(H,20,22)(H,21,23). The van der Waals surface area contributed by atoms with E-state index in [1.165, 1.54) is 7.11 Å². The summed E-state index contributed by atoms with van der Waals surface area (Å²) in [4.78, 5) is 23.6. The molecule has 0 saturated heterocycles. The molecule has 0 spiro atoms. The van der Waals surface area contributed by atoms with E-state index in [4.69, 9.17) is 4.74 Å². The van der Waals surface area contributed by atoms with Crippen LogP contribution < -0.4 is 15.4 Å². The lowest BCUT2D eigenvalue weighted by atomic mass is 10.2. The minimum absolute atomic E-state index is 0.00342. The van der Waals surface area contributed by atoms with E-state index in [0.29, 0.717) is 11.8 Å². The van der Waals surface area contributed by atoms with Gasteiger partial charge in [0.25, 0.3) is 0 Å². The molecule has 24 heavy (non-hydrogen) atoms. The first-order valence-electron chi connectivity index (χ1n) is 6.77. The second-order valence-electron chi connectivity index (χ2n) is 4.73. The summed E-state index contributed by atoms with van der Waals surface area (Å²) in [6.07, 6.45) is 0. The Morgan fingerprint density at radius 2 is 1.79 bits per heavy atom. The van der Waals surface area contributed by atoms with Gasteiger partial charge < -0.3 is 15.4 Å². The molecule has 2 aromatic rings. The SMILES string of the molecule is COc1ccc(CNC(=O)C(=O)Nc2c(F)cc(F)cc2Br)cc1. The van der Waals surface area contributed by atoms with Gasteiger partial charge in [-0.1, -0.05) is 12.1 Å². The molecule has 0 atom stereocenters. The number of carbonyl (C=O) groups is 2. The third kappa shape index (κ3) is 4.51. The Labute approximate surface area is 145 Å². The van der Waals surface area contributed by atoms with E-state index in [-0.39, 0.29) is 16.7 Å². The van der Waals surface area contributed by atoms with E-state index in [1.807, 2.05) is 0 Å². The van der Waals surface area contributed by atoms with Gasteiger partial charge in [-0.3, -0.25) is 9.59 Å². The molecule has 0 bridgehead atoms. The van der Waals surface area contributed by atoms with Gasteiger partial charge >= 0.3 is 11.8 Å². The maximum Gasteiger partial charge on any atom is 0.313 e. The number of benzene rings is 2. The number of anilines is 1. The van der Waals surface area contributed by atoms with Crippen LogP contribution in [0.1, 0.15) is 5.56 Å². The molecule has 126 valence electrons. The zero-order valence-electron chi connectivity index (χ0n) is 12.5.